The van der Waals surface area contributed by atoms with Crippen LogP contribution in [0.4, 0.5) is 4.39 Å². The monoisotopic (exact) mass is 399 g/mol. The number of benzene rings is 1. The molecule has 0 atom stereocenters. The van der Waals surface area contributed by atoms with Gasteiger partial charge in [0, 0.05) is 0 Å². The van der Waals surface area contributed by atoms with E-state index in [2.05, 4.69) is 17.9 Å². The van der Waals surface area contributed by atoms with E-state index < -0.39 is 11.8 Å². The average Bonchev–Trinajstić information content (AvgIpc) is 2.51. The van der Waals surface area contributed by atoms with Crippen molar-refractivity contribution in [3.8, 4) is 11.8 Å². The molecule has 0 aliphatic carbocycles. The summed E-state index contributed by atoms with van der Waals surface area (Å²) in [5, 5.41) is 0. The number of ether oxygens (including phenoxy) is 1. The van der Waals surface area contributed by atoms with Crippen LogP contribution in [0.5, 0.6) is 0 Å². The fourth-order valence-electron chi connectivity index (χ4n) is 2.51. The summed E-state index contributed by atoms with van der Waals surface area (Å²) in [4.78, 5) is 12.2. The summed E-state index contributed by atoms with van der Waals surface area (Å²) in [6.45, 7) is 14.7. The van der Waals surface area contributed by atoms with Crippen LogP contribution >= 0.6 is 0 Å². The van der Waals surface area contributed by atoms with E-state index in [1.807, 2.05) is 26.8 Å². The Balaban J connectivity index is 0.00000625. The van der Waals surface area contributed by atoms with Crippen LogP contribution in [-0.4, -0.2) is 17.1 Å². The van der Waals surface area contributed by atoms with Crippen molar-refractivity contribution in [1.82, 2.24) is 0 Å². The van der Waals surface area contributed by atoms with E-state index in [0.29, 0.717) is 5.57 Å². The molecule has 3 nitrogen and oxygen atoms in total. The van der Waals surface area contributed by atoms with Crippen LogP contribution in [0.2, 0.25) is 0 Å². The van der Waals surface area contributed by atoms with Gasteiger partial charge < -0.3 is 6.15 Å². The second-order valence-corrected chi connectivity index (χ2v) is 6.12. The zero-order chi connectivity index (χ0) is 19.1. The second-order valence-electron chi connectivity index (χ2n) is 5.62. The Morgan fingerprint density at radius 2 is 1.92 bits per heavy atom. The maximum atomic E-state index is 14.0. The summed E-state index contributed by atoms with van der Waals surface area (Å²) < 4.78 is 19.2. The molecule has 0 saturated heterocycles. The van der Waals surface area contributed by atoms with Gasteiger partial charge in [0.25, 0.3) is 0 Å². The Hall–Kier alpha value is -2.02. The van der Waals surface area contributed by atoms with Crippen molar-refractivity contribution >= 4 is 10.5 Å². The van der Waals surface area contributed by atoms with Gasteiger partial charge in [0.1, 0.15) is 0 Å². The van der Waals surface area contributed by atoms with Crippen molar-refractivity contribution in [2.45, 2.75) is 41.0 Å². The van der Waals surface area contributed by atoms with E-state index >= 15 is 0 Å². The van der Waals surface area contributed by atoms with Gasteiger partial charge in [0.05, 0.1) is 0 Å². The van der Waals surface area contributed by atoms with Crippen molar-refractivity contribution in [2.75, 3.05) is 6.61 Å². The molecule has 1 aromatic carbocycles. The first-order valence-corrected chi connectivity index (χ1v) is 8.40. The fraction of sp³-hybridized carbons (Fsp3) is 0.333. The summed E-state index contributed by atoms with van der Waals surface area (Å²) in [7, 11) is 0. The number of carbonyl (C=O) groups is 1. The second kappa shape index (κ2) is 10.9. The van der Waals surface area contributed by atoms with Crippen molar-refractivity contribution in [3.63, 3.8) is 0 Å². The van der Waals surface area contributed by atoms with Crippen LogP contribution in [0, 0.1) is 39.2 Å². The van der Waals surface area contributed by atoms with Gasteiger partial charge in [-0.3, -0.25) is 0 Å². The molecule has 0 fully saturated rings. The number of halogens is 1. The van der Waals surface area contributed by atoms with Crippen molar-refractivity contribution in [1.29, 1.82) is 0 Å². The molecule has 1 rings (SSSR count). The van der Waals surface area contributed by atoms with Gasteiger partial charge in [0.15, 0.2) is 0 Å². The van der Waals surface area contributed by atoms with Gasteiger partial charge in [-0.15, -0.1) is 0 Å². The SMILES string of the molecule is [CH-]=C(F)/C(C(=O)OCC)=C(/Cc1cc(C)cc(C)c1C)[C](=[Ni])C#CC.[NH2-]. The molecule has 0 bridgehead atoms. The topological polar surface area (TPSA) is 59.8 Å². The third kappa shape index (κ3) is 6.05. The van der Waals surface area contributed by atoms with E-state index in [9.17, 15) is 9.18 Å². The number of carbonyl (C=O) groups excluding carboxylic acids is 1. The smallest absolute Gasteiger partial charge is 0.693 e. The van der Waals surface area contributed by atoms with Gasteiger partial charge >= 0.3 is 157 Å². The molecule has 0 heterocycles. The summed E-state index contributed by atoms with van der Waals surface area (Å²) in [6, 6.07) is 4.06. The third-order valence-corrected chi connectivity index (χ3v) is 4.20. The molecule has 0 radical (unpaired) electrons. The third-order valence-electron chi connectivity index (χ3n) is 3.78. The Kier molecular flexibility index (Phi) is 10.0. The molecule has 0 aliphatic heterocycles. The number of hydrogen-bond acceptors (Lipinski definition) is 2. The Labute approximate surface area is 163 Å². The zero-order valence-corrected chi connectivity index (χ0v) is 16.7. The van der Waals surface area contributed by atoms with Crippen LogP contribution in [0.1, 0.15) is 36.1 Å². The molecule has 0 amide bonds. The van der Waals surface area contributed by atoms with Crippen LogP contribution < -0.4 is 0 Å². The first kappa shape index (κ1) is 24.0. The fourth-order valence-corrected chi connectivity index (χ4v) is 2.84. The summed E-state index contributed by atoms with van der Waals surface area (Å²) in [6.07, 6.45) is 0.261. The summed E-state index contributed by atoms with van der Waals surface area (Å²) in [5.74, 6) is 3.51. The number of esters is 1. The van der Waals surface area contributed by atoms with Gasteiger partial charge in [-0.25, -0.2) is 0 Å². The maximum Gasteiger partial charge on any atom is -0.693 e. The number of nitrogens with two attached hydrogens (primary N) is 1. The van der Waals surface area contributed by atoms with Crippen molar-refractivity contribution < 1.29 is 29.0 Å². The zero-order valence-electron chi connectivity index (χ0n) is 15.7. The number of hydrogen-bond donors (Lipinski definition) is 0. The number of rotatable bonds is 6. The molecule has 26 heavy (non-hydrogen) atoms. The molecule has 0 aromatic heterocycles. The minimum atomic E-state index is -1.11. The molecule has 1 aromatic rings. The Bertz CT molecular complexity index is 813. The first-order chi connectivity index (χ1) is 11.7. The Morgan fingerprint density at radius 1 is 1.31 bits per heavy atom. The van der Waals surface area contributed by atoms with E-state index in [1.165, 1.54) is 0 Å². The largest absolute Gasteiger partial charge is 0.693 e. The maximum absolute atomic E-state index is 14.0. The van der Waals surface area contributed by atoms with E-state index in [1.54, 1.807) is 13.8 Å². The van der Waals surface area contributed by atoms with Crippen LogP contribution in [0.3, 0.4) is 0 Å². The van der Waals surface area contributed by atoms with Crippen LogP contribution in [0.15, 0.2) is 29.1 Å². The molecular formula is C21H24FNNiO2-2. The van der Waals surface area contributed by atoms with E-state index in [-0.39, 0.29) is 29.2 Å². The molecule has 0 saturated carbocycles. The Morgan fingerprint density at radius 3 is 2.42 bits per heavy atom. The van der Waals surface area contributed by atoms with Crippen LogP contribution in [0.25, 0.3) is 6.15 Å². The molecule has 2 N–H and O–H groups in total. The average molecular weight is 400 g/mol. The van der Waals surface area contributed by atoms with Gasteiger partial charge in [0.2, 0.25) is 0 Å². The summed E-state index contributed by atoms with van der Waals surface area (Å²) >= 11 is 4.95. The van der Waals surface area contributed by atoms with E-state index in [0.717, 1.165) is 22.3 Å². The minimum absolute atomic E-state index is 0. The molecule has 144 valence electrons. The standard InChI is InChI=1S/C21H22FO2.H2N.Ni/c1-7-9-10-18(20(17(6)22)21(23)24-8-2)13-19-12-14(3)11-15(4)16(19)5;;/h6,11-12H,8,13H2,1-5H3;1H2;/q2*-1;/b20-18-;;. The van der Waals surface area contributed by atoms with Gasteiger partial charge in [-0.1, -0.05) is 0 Å². The normalized spacial score (nSPS) is 10.8. The van der Waals surface area contributed by atoms with Crippen LogP contribution in [-0.2, 0) is 31.0 Å². The summed E-state index contributed by atoms with van der Waals surface area (Å²) in [5.41, 5.74) is 4.15. The number of allylic oxidation sites excluding steroid dienone is 1. The van der Waals surface area contributed by atoms with Gasteiger partial charge in [-0.2, -0.15) is 0 Å². The van der Waals surface area contributed by atoms with Crippen molar-refractivity contribution in [2.24, 2.45) is 0 Å². The predicted molar refractivity (Wildman–Crippen MR) is 101 cm³/mol. The first-order valence-electron chi connectivity index (χ1n) is 7.90. The van der Waals surface area contributed by atoms with Crippen molar-refractivity contribution in [3.05, 3.63) is 64.1 Å². The minimum Gasteiger partial charge on any atom is -0.693 e. The quantitative estimate of drug-likeness (QED) is 0.173. The molecule has 0 unspecified atom stereocenters. The van der Waals surface area contributed by atoms with E-state index in [4.69, 9.17) is 26.3 Å². The van der Waals surface area contributed by atoms with Gasteiger partial charge in [-0.05, 0) is 0 Å². The predicted octanol–water partition coefficient (Wildman–Crippen LogP) is 4.76. The molecular weight excluding hydrogens is 376 g/mol. The molecule has 0 aliphatic rings. The number of aryl methyl sites for hydroxylation is 2. The molecule has 0 spiro atoms. The molecule has 5 heteroatoms.